The molecule has 3 nitrogen and oxygen atoms in total. The number of nitrogen functional groups attached to an aromatic ring is 1. The second-order valence-corrected chi connectivity index (χ2v) is 5.53. The lowest BCUT2D eigenvalue weighted by Gasteiger charge is -2.43. The van der Waals surface area contributed by atoms with Crippen LogP contribution in [0, 0.1) is 0 Å². The average Bonchev–Trinajstić information content (AvgIpc) is 2.27. The fourth-order valence-corrected chi connectivity index (χ4v) is 2.44. The Morgan fingerprint density at radius 3 is 2.61 bits per heavy atom. The van der Waals surface area contributed by atoms with E-state index >= 15 is 0 Å². The van der Waals surface area contributed by atoms with Crippen LogP contribution in [0.1, 0.15) is 46.5 Å². The summed E-state index contributed by atoms with van der Waals surface area (Å²) in [6.07, 6.45) is 5.15. The first-order valence-electron chi connectivity index (χ1n) is 6.89. The zero-order valence-electron chi connectivity index (χ0n) is 11.6. The lowest BCUT2D eigenvalue weighted by molar-refractivity contribution is 0.243. The molecule has 0 saturated heterocycles. The molecule has 0 unspecified atom stereocenters. The molecule has 1 aromatic carbocycles. The van der Waals surface area contributed by atoms with E-state index in [1.807, 2.05) is 32.0 Å². The summed E-state index contributed by atoms with van der Waals surface area (Å²) < 4.78 is 5.72. The molecule has 0 heterocycles. The van der Waals surface area contributed by atoms with E-state index < -0.39 is 0 Å². The third-order valence-corrected chi connectivity index (χ3v) is 3.77. The number of benzene rings is 1. The Balaban J connectivity index is 2.13. The van der Waals surface area contributed by atoms with E-state index in [-0.39, 0.29) is 6.10 Å². The van der Waals surface area contributed by atoms with Crippen molar-refractivity contribution in [2.45, 2.75) is 58.1 Å². The second kappa shape index (κ2) is 5.09. The number of nitrogens with one attached hydrogen (secondary N) is 1. The van der Waals surface area contributed by atoms with Gasteiger partial charge >= 0.3 is 0 Å². The second-order valence-electron chi connectivity index (χ2n) is 5.53. The monoisotopic (exact) mass is 248 g/mol. The maximum absolute atomic E-state index is 5.93. The van der Waals surface area contributed by atoms with Crippen molar-refractivity contribution in [3.8, 4) is 5.75 Å². The maximum Gasteiger partial charge on any atom is 0.144 e. The van der Waals surface area contributed by atoms with Crippen LogP contribution >= 0.6 is 0 Å². The predicted molar refractivity (Wildman–Crippen MR) is 77.1 cm³/mol. The van der Waals surface area contributed by atoms with Crippen LogP contribution in [-0.4, -0.2) is 11.6 Å². The third kappa shape index (κ3) is 2.71. The van der Waals surface area contributed by atoms with Gasteiger partial charge in [-0.2, -0.15) is 0 Å². The molecule has 3 N–H and O–H groups in total. The summed E-state index contributed by atoms with van der Waals surface area (Å²) in [6, 6.07) is 5.98. The molecule has 1 aliphatic rings. The first kappa shape index (κ1) is 13.1. The van der Waals surface area contributed by atoms with Gasteiger partial charge in [0.25, 0.3) is 0 Å². The highest BCUT2D eigenvalue weighted by molar-refractivity contribution is 5.62. The van der Waals surface area contributed by atoms with Gasteiger partial charge in [-0.3, -0.25) is 0 Å². The molecule has 2 rings (SSSR count). The zero-order valence-corrected chi connectivity index (χ0v) is 11.6. The third-order valence-electron chi connectivity index (χ3n) is 3.77. The van der Waals surface area contributed by atoms with E-state index in [4.69, 9.17) is 10.5 Å². The summed E-state index contributed by atoms with van der Waals surface area (Å²) in [5, 5.41) is 3.65. The van der Waals surface area contributed by atoms with Gasteiger partial charge in [0.05, 0.1) is 11.8 Å². The Kier molecular flexibility index (Phi) is 3.69. The molecule has 0 amide bonds. The molecular weight excluding hydrogens is 224 g/mol. The van der Waals surface area contributed by atoms with Gasteiger partial charge in [-0.1, -0.05) is 6.92 Å². The van der Waals surface area contributed by atoms with Crippen molar-refractivity contribution < 1.29 is 4.74 Å². The summed E-state index contributed by atoms with van der Waals surface area (Å²) >= 11 is 0. The largest absolute Gasteiger partial charge is 0.489 e. The van der Waals surface area contributed by atoms with Crippen LogP contribution < -0.4 is 15.8 Å². The molecule has 0 atom stereocenters. The lowest BCUT2D eigenvalue weighted by atomic mass is 9.74. The molecule has 0 radical (unpaired) electrons. The minimum absolute atomic E-state index is 0.145. The van der Waals surface area contributed by atoms with Gasteiger partial charge in [0.1, 0.15) is 5.75 Å². The van der Waals surface area contributed by atoms with Crippen molar-refractivity contribution >= 4 is 11.4 Å². The van der Waals surface area contributed by atoms with E-state index in [1.165, 1.54) is 19.3 Å². The summed E-state index contributed by atoms with van der Waals surface area (Å²) in [7, 11) is 0. The average molecular weight is 248 g/mol. The van der Waals surface area contributed by atoms with E-state index in [2.05, 4.69) is 12.2 Å². The minimum atomic E-state index is 0.145. The van der Waals surface area contributed by atoms with Crippen molar-refractivity contribution in [3.05, 3.63) is 18.2 Å². The van der Waals surface area contributed by atoms with Crippen LogP contribution in [0.3, 0.4) is 0 Å². The maximum atomic E-state index is 5.93. The van der Waals surface area contributed by atoms with Gasteiger partial charge < -0.3 is 15.8 Å². The molecule has 18 heavy (non-hydrogen) atoms. The quantitative estimate of drug-likeness (QED) is 0.779. The molecule has 1 aromatic rings. The highest BCUT2D eigenvalue weighted by atomic mass is 16.5. The van der Waals surface area contributed by atoms with Gasteiger partial charge in [-0.05, 0) is 51.7 Å². The molecule has 1 fully saturated rings. The van der Waals surface area contributed by atoms with E-state index in [0.29, 0.717) is 11.2 Å². The number of nitrogens with two attached hydrogens (primary N) is 1. The fraction of sp³-hybridized carbons (Fsp3) is 0.600. The van der Waals surface area contributed by atoms with Crippen molar-refractivity contribution in [2.24, 2.45) is 0 Å². The summed E-state index contributed by atoms with van der Waals surface area (Å²) in [4.78, 5) is 0. The molecule has 0 aromatic heterocycles. The summed E-state index contributed by atoms with van der Waals surface area (Å²) in [5.41, 5.74) is 8.04. The predicted octanol–water partition coefficient (Wildman–Crippen LogP) is 3.80. The molecular formula is C15H24N2O. The van der Waals surface area contributed by atoms with Crippen LogP contribution in [0.2, 0.25) is 0 Å². The molecule has 1 aliphatic carbocycles. The fourth-order valence-electron chi connectivity index (χ4n) is 2.44. The molecule has 0 aliphatic heterocycles. The molecule has 1 saturated carbocycles. The van der Waals surface area contributed by atoms with Crippen LogP contribution in [0.25, 0.3) is 0 Å². The minimum Gasteiger partial charge on any atom is -0.489 e. The Labute approximate surface area is 110 Å². The molecule has 3 heteroatoms. The van der Waals surface area contributed by atoms with Crippen molar-refractivity contribution in [3.63, 3.8) is 0 Å². The highest BCUT2D eigenvalue weighted by Crippen LogP contribution is 2.39. The SMILES string of the molecule is CCC1(Nc2ccc(N)c(OC(C)C)c2)CCC1. The van der Waals surface area contributed by atoms with Gasteiger partial charge in [-0.25, -0.2) is 0 Å². The van der Waals surface area contributed by atoms with E-state index in [0.717, 1.165) is 17.9 Å². The first-order valence-corrected chi connectivity index (χ1v) is 6.89. The van der Waals surface area contributed by atoms with Crippen LogP contribution in [0.15, 0.2) is 18.2 Å². The highest BCUT2D eigenvalue weighted by Gasteiger charge is 2.34. The number of hydrogen-bond acceptors (Lipinski definition) is 3. The number of hydrogen-bond donors (Lipinski definition) is 2. The van der Waals surface area contributed by atoms with Gasteiger partial charge in [-0.15, -0.1) is 0 Å². The summed E-state index contributed by atoms with van der Waals surface area (Å²) in [5.74, 6) is 0.778. The number of rotatable bonds is 5. The molecule has 0 spiro atoms. The van der Waals surface area contributed by atoms with Crippen LogP contribution in [0.4, 0.5) is 11.4 Å². The lowest BCUT2D eigenvalue weighted by Crippen LogP contribution is -2.44. The molecule has 0 bridgehead atoms. The van der Waals surface area contributed by atoms with Crippen molar-refractivity contribution in [1.82, 2.24) is 0 Å². The van der Waals surface area contributed by atoms with Crippen LogP contribution in [0.5, 0.6) is 5.75 Å². The summed E-state index contributed by atoms with van der Waals surface area (Å²) in [6.45, 7) is 6.27. The van der Waals surface area contributed by atoms with Crippen molar-refractivity contribution in [2.75, 3.05) is 11.1 Å². The van der Waals surface area contributed by atoms with Gasteiger partial charge in [0, 0.05) is 17.3 Å². The van der Waals surface area contributed by atoms with Gasteiger partial charge in [0.2, 0.25) is 0 Å². The normalized spacial score (nSPS) is 17.3. The van der Waals surface area contributed by atoms with Crippen LogP contribution in [-0.2, 0) is 0 Å². The van der Waals surface area contributed by atoms with Gasteiger partial charge in [0.15, 0.2) is 0 Å². The smallest absolute Gasteiger partial charge is 0.144 e. The Hall–Kier alpha value is -1.38. The van der Waals surface area contributed by atoms with E-state index in [1.54, 1.807) is 0 Å². The Morgan fingerprint density at radius 2 is 2.11 bits per heavy atom. The Morgan fingerprint density at radius 1 is 1.39 bits per heavy atom. The topological polar surface area (TPSA) is 47.3 Å². The zero-order chi connectivity index (χ0) is 13.2. The van der Waals surface area contributed by atoms with E-state index in [9.17, 15) is 0 Å². The Bertz CT molecular complexity index is 405. The van der Waals surface area contributed by atoms with Crippen molar-refractivity contribution in [1.29, 1.82) is 0 Å². The first-order chi connectivity index (χ1) is 8.54. The number of anilines is 2. The number of ether oxygens (including phenoxy) is 1. The standard InChI is InChI=1S/C15H24N2O/c1-4-15(8-5-9-15)17-12-6-7-13(16)14(10-12)18-11(2)3/h6-7,10-11,17H,4-5,8-9,16H2,1-3H3. The molecule has 100 valence electrons.